The van der Waals surface area contributed by atoms with E-state index in [-0.39, 0.29) is 11.3 Å². The Labute approximate surface area is 128 Å². The third-order valence-electron chi connectivity index (χ3n) is 4.94. The van der Waals surface area contributed by atoms with Crippen molar-refractivity contribution in [2.45, 2.75) is 51.9 Å². The number of hydrogen-bond donors (Lipinski definition) is 1. The third kappa shape index (κ3) is 3.46. The van der Waals surface area contributed by atoms with Crippen LogP contribution in [0, 0.1) is 5.41 Å². The van der Waals surface area contributed by atoms with Crippen molar-refractivity contribution in [2.24, 2.45) is 11.1 Å². The lowest BCUT2D eigenvalue weighted by Crippen LogP contribution is -2.46. The minimum atomic E-state index is -0.353. The summed E-state index contributed by atoms with van der Waals surface area (Å²) in [5, 5.41) is 0. The van der Waals surface area contributed by atoms with Crippen LogP contribution in [-0.2, 0) is 11.2 Å². The molecule has 1 saturated carbocycles. The Hall–Kier alpha value is -1.35. The smallest absolute Gasteiger partial charge is 0.234 e. The zero-order valence-electron chi connectivity index (χ0n) is 13.4. The van der Waals surface area contributed by atoms with Crippen LogP contribution in [0.5, 0.6) is 0 Å². The van der Waals surface area contributed by atoms with E-state index in [4.69, 9.17) is 5.73 Å². The summed E-state index contributed by atoms with van der Waals surface area (Å²) in [5.74, 6) is 0.191. The Balaban J connectivity index is 2.18. The van der Waals surface area contributed by atoms with Gasteiger partial charge in [0.05, 0.1) is 5.41 Å². The molecule has 0 heterocycles. The maximum atomic E-state index is 13.0. The van der Waals surface area contributed by atoms with E-state index < -0.39 is 0 Å². The van der Waals surface area contributed by atoms with Crippen LogP contribution in [-0.4, -0.2) is 19.5 Å². The van der Waals surface area contributed by atoms with Crippen LogP contribution in [0.25, 0.3) is 0 Å². The first-order chi connectivity index (χ1) is 10.1. The van der Waals surface area contributed by atoms with Crippen LogP contribution < -0.4 is 10.6 Å². The topological polar surface area (TPSA) is 46.3 Å². The summed E-state index contributed by atoms with van der Waals surface area (Å²) in [5.41, 5.74) is 7.93. The van der Waals surface area contributed by atoms with Crippen molar-refractivity contribution in [1.29, 1.82) is 0 Å². The first kappa shape index (κ1) is 16.0. The summed E-state index contributed by atoms with van der Waals surface area (Å²) in [6.45, 7) is 2.60. The molecule has 1 amide bonds. The molecule has 3 nitrogen and oxygen atoms in total. The third-order valence-corrected chi connectivity index (χ3v) is 4.94. The van der Waals surface area contributed by atoms with Gasteiger partial charge in [0.1, 0.15) is 0 Å². The van der Waals surface area contributed by atoms with Crippen LogP contribution in [0.1, 0.15) is 51.0 Å². The van der Waals surface area contributed by atoms with Gasteiger partial charge in [-0.25, -0.2) is 0 Å². The molecule has 0 atom stereocenters. The molecule has 0 radical (unpaired) electrons. The Kier molecular flexibility index (Phi) is 5.40. The van der Waals surface area contributed by atoms with Gasteiger partial charge in [-0.2, -0.15) is 0 Å². The number of nitrogens with two attached hydrogens (primary N) is 1. The van der Waals surface area contributed by atoms with Crippen molar-refractivity contribution in [3.05, 3.63) is 29.8 Å². The first-order valence-electron chi connectivity index (χ1n) is 8.20. The van der Waals surface area contributed by atoms with Gasteiger partial charge in [-0.15, -0.1) is 0 Å². The molecule has 0 saturated heterocycles. The average Bonchev–Trinajstić information content (AvgIpc) is 2.80. The second-order valence-electron chi connectivity index (χ2n) is 6.28. The summed E-state index contributed by atoms with van der Waals surface area (Å²) < 4.78 is 0. The summed E-state index contributed by atoms with van der Waals surface area (Å²) in [6, 6.07) is 8.28. The average molecular weight is 288 g/mol. The highest BCUT2D eigenvalue weighted by atomic mass is 16.2. The van der Waals surface area contributed by atoms with Gasteiger partial charge in [-0.1, -0.05) is 44.7 Å². The Morgan fingerprint density at radius 2 is 1.71 bits per heavy atom. The summed E-state index contributed by atoms with van der Waals surface area (Å²) in [6.07, 6.45) is 7.56. The molecule has 0 aromatic heterocycles. The highest BCUT2D eigenvalue weighted by Gasteiger charge is 2.39. The Morgan fingerprint density at radius 3 is 2.19 bits per heavy atom. The van der Waals surface area contributed by atoms with Crippen molar-refractivity contribution >= 4 is 11.6 Å². The predicted octanol–water partition coefficient (Wildman–Crippen LogP) is 3.51. The number of amides is 1. The van der Waals surface area contributed by atoms with Gasteiger partial charge in [0, 0.05) is 19.3 Å². The quantitative estimate of drug-likeness (QED) is 0.862. The zero-order chi connectivity index (χ0) is 15.3. The van der Waals surface area contributed by atoms with E-state index in [1.54, 1.807) is 4.90 Å². The van der Waals surface area contributed by atoms with Crippen molar-refractivity contribution < 1.29 is 4.79 Å². The standard InChI is InChI=1S/C18H28N2O/c1-3-15-8-10-16(11-9-15)20(2)17(21)18(14-19)12-6-4-5-7-13-18/h8-11H,3-7,12-14,19H2,1-2H3. The van der Waals surface area contributed by atoms with Crippen LogP contribution in [0.2, 0.25) is 0 Å². The second kappa shape index (κ2) is 7.08. The Bertz CT molecular complexity index is 459. The summed E-state index contributed by atoms with van der Waals surface area (Å²) >= 11 is 0. The van der Waals surface area contributed by atoms with Crippen LogP contribution in [0.15, 0.2) is 24.3 Å². The minimum Gasteiger partial charge on any atom is -0.329 e. The molecule has 1 fully saturated rings. The van der Waals surface area contributed by atoms with Gasteiger partial charge >= 0.3 is 0 Å². The molecular weight excluding hydrogens is 260 g/mol. The maximum Gasteiger partial charge on any atom is 0.234 e. The largest absolute Gasteiger partial charge is 0.329 e. The molecular formula is C18H28N2O. The van der Waals surface area contributed by atoms with E-state index >= 15 is 0 Å². The van der Waals surface area contributed by atoms with E-state index in [2.05, 4.69) is 19.1 Å². The fourth-order valence-corrected chi connectivity index (χ4v) is 3.34. The predicted molar refractivity (Wildman–Crippen MR) is 88.4 cm³/mol. The molecule has 2 rings (SSSR count). The molecule has 0 unspecified atom stereocenters. The fraction of sp³-hybridized carbons (Fsp3) is 0.611. The molecule has 116 valence electrons. The highest BCUT2D eigenvalue weighted by molar-refractivity contribution is 5.97. The number of nitrogens with zero attached hydrogens (tertiary/aromatic N) is 1. The van der Waals surface area contributed by atoms with Gasteiger partial charge < -0.3 is 10.6 Å². The van der Waals surface area contributed by atoms with E-state index in [9.17, 15) is 4.79 Å². The van der Waals surface area contributed by atoms with Crippen molar-refractivity contribution in [2.75, 3.05) is 18.5 Å². The first-order valence-corrected chi connectivity index (χ1v) is 8.20. The van der Waals surface area contributed by atoms with E-state index in [1.165, 1.54) is 18.4 Å². The molecule has 2 N–H and O–H groups in total. The number of carbonyl (C=O) groups is 1. The number of hydrogen-bond acceptors (Lipinski definition) is 2. The van der Waals surface area contributed by atoms with Crippen LogP contribution >= 0.6 is 0 Å². The molecule has 1 aliphatic carbocycles. The number of aryl methyl sites for hydroxylation is 1. The second-order valence-corrected chi connectivity index (χ2v) is 6.28. The Morgan fingerprint density at radius 1 is 1.14 bits per heavy atom. The van der Waals surface area contributed by atoms with Crippen molar-refractivity contribution in [3.63, 3.8) is 0 Å². The number of benzene rings is 1. The molecule has 1 aromatic carbocycles. The van der Waals surface area contributed by atoms with Gasteiger partial charge in [-0.3, -0.25) is 4.79 Å². The summed E-state index contributed by atoms with van der Waals surface area (Å²) in [4.78, 5) is 14.8. The van der Waals surface area contributed by atoms with Crippen molar-refractivity contribution in [1.82, 2.24) is 0 Å². The summed E-state index contributed by atoms with van der Waals surface area (Å²) in [7, 11) is 1.88. The monoisotopic (exact) mass is 288 g/mol. The van der Waals surface area contributed by atoms with Crippen molar-refractivity contribution in [3.8, 4) is 0 Å². The van der Waals surface area contributed by atoms with E-state index in [0.29, 0.717) is 6.54 Å². The molecule has 1 aliphatic rings. The van der Waals surface area contributed by atoms with E-state index in [1.807, 2.05) is 19.2 Å². The number of anilines is 1. The van der Waals surface area contributed by atoms with Gasteiger partial charge in [0.2, 0.25) is 5.91 Å². The molecule has 0 aliphatic heterocycles. The zero-order valence-corrected chi connectivity index (χ0v) is 13.4. The van der Waals surface area contributed by atoms with E-state index in [0.717, 1.165) is 37.8 Å². The van der Waals surface area contributed by atoms with Gasteiger partial charge in [-0.05, 0) is 37.0 Å². The SMILES string of the molecule is CCc1ccc(N(C)C(=O)C2(CN)CCCCCC2)cc1. The van der Waals surface area contributed by atoms with Crippen LogP contribution in [0.4, 0.5) is 5.69 Å². The minimum absolute atomic E-state index is 0.191. The molecule has 3 heteroatoms. The number of carbonyl (C=O) groups excluding carboxylic acids is 1. The lowest BCUT2D eigenvalue weighted by atomic mass is 9.79. The fourth-order valence-electron chi connectivity index (χ4n) is 3.34. The van der Waals surface area contributed by atoms with Gasteiger partial charge in [0.25, 0.3) is 0 Å². The normalized spacial score (nSPS) is 18.0. The lowest BCUT2D eigenvalue weighted by Gasteiger charge is -2.34. The molecule has 0 spiro atoms. The maximum absolute atomic E-state index is 13.0. The molecule has 0 bridgehead atoms. The number of rotatable bonds is 4. The molecule has 1 aromatic rings. The van der Waals surface area contributed by atoms with Crippen LogP contribution in [0.3, 0.4) is 0 Å². The lowest BCUT2D eigenvalue weighted by molar-refractivity contribution is -0.128. The highest BCUT2D eigenvalue weighted by Crippen LogP contribution is 2.36. The molecule has 21 heavy (non-hydrogen) atoms. The van der Waals surface area contributed by atoms with Gasteiger partial charge in [0.15, 0.2) is 0 Å².